The van der Waals surface area contributed by atoms with E-state index in [9.17, 15) is 0 Å². The molecule has 1 fully saturated rings. The van der Waals surface area contributed by atoms with E-state index in [1.165, 1.54) is 25.7 Å². The Morgan fingerprint density at radius 2 is 2.18 bits per heavy atom. The Morgan fingerprint density at radius 1 is 1.55 bits per heavy atom. The molecule has 0 bridgehead atoms. The zero-order chi connectivity index (χ0) is 8.10. The highest BCUT2D eigenvalue weighted by atomic mass is 32.2. The van der Waals surface area contributed by atoms with Gasteiger partial charge < -0.3 is 5.73 Å². The van der Waals surface area contributed by atoms with E-state index in [1.54, 1.807) is 11.8 Å². The second kappa shape index (κ2) is 4.65. The van der Waals surface area contributed by atoms with Crippen molar-refractivity contribution < 1.29 is 0 Å². The molecule has 1 aliphatic rings. The number of amidine groups is 1. The quantitative estimate of drug-likeness (QED) is 0.511. The van der Waals surface area contributed by atoms with Crippen LogP contribution in [0.1, 0.15) is 32.6 Å². The van der Waals surface area contributed by atoms with Crippen molar-refractivity contribution in [3.8, 4) is 0 Å². The molecular weight excluding hydrogens is 156 g/mol. The number of hydrogen-bond acceptors (Lipinski definition) is 2. The van der Waals surface area contributed by atoms with Gasteiger partial charge in [-0.05, 0) is 18.6 Å². The highest BCUT2D eigenvalue weighted by Gasteiger charge is 2.13. The Balaban J connectivity index is 2.30. The summed E-state index contributed by atoms with van der Waals surface area (Å²) in [5.74, 6) is 1.03. The summed E-state index contributed by atoms with van der Waals surface area (Å²) >= 11 is 1.65. The number of thioether (sulfide) groups is 1. The summed E-state index contributed by atoms with van der Waals surface area (Å²) < 4.78 is 0. The molecule has 0 atom stereocenters. The fraction of sp³-hybridized carbons (Fsp3) is 0.875. The molecule has 11 heavy (non-hydrogen) atoms. The SMILES string of the molecule is CCSC(N)=NC1CCCC1. The van der Waals surface area contributed by atoms with E-state index in [4.69, 9.17) is 5.73 Å². The summed E-state index contributed by atoms with van der Waals surface area (Å²) in [4.78, 5) is 4.42. The van der Waals surface area contributed by atoms with E-state index in [1.807, 2.05) is 0 Å². The van der Waals surface area contributed by atoms with Crippen molar-refractivity contribution >= 4 is 16.9 Å². The average Bonchev–Trinajstić information content (AvgIpc) is 2.40. The molecule has 2 N–H and O–H groups in total. The minimum atomic E-state index is 0.536. The minimum absolute atomic E-state index is 0.536. The van der Waals surface area contributed by atoms with E-state index in [2.05, 4.69) is 11.9 Å². The number of rotatable bonds is 2. The third-order valence-corrected chi connectivity index (χ3v) is 2.62. The fourth-order valence-corrected chi connectivity index (χ4v) is 1.92. The van der Waals surface area contributed by atoms with Crippen LogP contribution in [-0.4, -0.2) is 17.0 Å². The molecule has 0 aromatic heterocycles. The van der Waals surface area contributed by atoms with Gasteiger partial charge in [0, 0.05) is 0 Å². The Hall–Kier alpha value is -0.180. The van der Waals surface area contributed by atoms with Gasteiger partial charge in [-0.3, -0.25) is 4.99 Å². The van der Waals surface area contributed by atoms with Gasteiger partial charge in [-0.1, -0.05) is 31.5 Å². The largest absolute Gasteiger partial charge is 0.379 e. The maximum atomic E-state index is 5.68. The van der Waals surface area contributed by atoms with Gasteiger partial charge in [-0.15, -0.1) is 0 Å². The van der Waals surface area contributed by atoms with Crippen LogP contribution in [0.5, 0.6) is 0 Å². The van der Waals surface area contributed by atoms with Crippen LogP contribution in [0.3, 0.4) is 0 Å². The van der Waals surface area contributed by atoms with Crippen LogP contribution < -0.4 is 5.73 Å². The van der Waals surface area contributed by atoms with Gasteiger partial charge in [0.05, 0.1) is 6.04 Å². The zero-order valence-corrected chi connectivity index (χ0v) is 7.86. The van der Waals surface area contributed by atoms with Crippen molar-refractivity contribution in [2.45, 2.75) is 38.6 Å². The van der Waals surface area contributed by atoms with Gasteiger partial charge in [-0.25, -0.2) is 0 Å². The Morgan fingerprint density at radius 3 is 2.73 bits per heavy atom. The summed E-state index contributed by atoms with van der Waals surface area (Å²) in [6.45, 7) is 2.10. The topological polar surface area (TPSA) is 38.4 Å². The van der Waals surface area contributed by atoms with E-state index < -0.39 is 0 Å². The molecule has 0 aromatic carbocycles. The van der Waals surface area contributed by atoms with Crippen LogP contribution in [-0.2, 0) is 0 Å². The molecule has 64 valence electrons. The first-order valence-corrected chi connectivity index (χ1v) is 5.27. The highest BCUT2D eigenvalue weighted by Crippen LogP contribution is 2.21. The van der Waals surface area contributed by atoms with Gasteiger partial charge in [0.2, 0.25) is 0 Å². The van der Waals surface area contributed by atoms with Crippen LogP contribution in [0.25, 0.3) is 0 Å². The molecule has 0 radical (unpaired) electrons. The van der Waals surface area contributed by atoms with E-state index >= 15 is 0 Å². The van der Waals surface area contributed by atoms with Gasteiger partial charge in [0.25, 0.3) is 0 Å². The van der Waals surface area contributed by atoms with Crippen molar-refractivity contribution in [2.75, 3.05) is 5.75 Å². The number of nitrogens with zero attached hydrogens (tertiary/aromatic N) is 1. The Labute approximate surface area is 72.6 Å². The maximum Gasteiger partial charge on any atom is 0.154 e. The lowest BCUT2D eigenvalue weighted by Crippen LogP contribution is -2.11. The summed E-state index contributed by atoms with van der Waals surface area (Å²) in [7, 11) is 0. The molecule has 3 heteroatoms. The lowest BCUT2D eigenvalue weighted by molar-refractivity contribution is 0.708. The van der Waals surface area contributed by atoms with Crippen molar-refractivity contribution in [2.24, 2.45) is 10.7 Å². The first-order chi connectivity index (χ1) is 5.33. The fourth-order valence-electron chi connectivity index (χ4n) is 1.40. The number of hydrogen-bond donors (Lipinski definition) is 1. The van der Waals surface area contributed by atoms with E-state index in [0.29, 0.717) is 6.04 Å². The molecule has 0 aromatic rings. The summed E-state index contributed by atoms with van der Waals surface area (Å²) in [5.41, 5.74) is 5.68. The molecule has 0 saturated heterocycles. The Bertz CT molecular complexity index is 139. The van der Waals surface area contributed by atoms with Gasteiger partial charge >= 0.3 is 0 Å². The smallest absolute Gasteiger partial charge is 0.154 e. The second-order valence-electron chi connectivity index (χ2n) is 2.84. The number of nitrogens with two attached hydrogens (primary N) is 1. The molecule has 0 aliphatic heterocycles. The zero-order valence-electron chi connectivity index (χ0n) is 7.05. The third-order valence-electron chi connectivity index (χ3n) is 1.93. The van der Waals surface area contributed by atoms with Crippen LogP contribution in [0, 0.1) is 0 Å². The van der Waals surface area contributed by atoms with E-state index in [0.717, 1.165) is 10.9 Å². The third kappa shape index (κ3) is 3.14. The minimum Gasteiger partial charge on any atom is -0.379 e. The molecule has 1 aliphatic carbocycles. The van der Waals surface area contributed by atoms with Crippen molar-refractivity contribution in [3.63, 3.8) is 0 Å². The molecule has 0 spiro atoms. The number of aliphatic imine (C=N–C) groups is 1. The Kier molecular flexibility index (Phi) is 3.77. The highest BCUT2D eigenvalue weighted by molar-refractivity contribution is 8.13. The lowest BCUT2D eigenvalue weighted by Gasteiger charge is -2.03. The molecule has 0 unspecified atom stereocenters. The van der Waals surface area contributed by atoms with E-state index in [-0.39, 0.29) is 0 Å². The summed E-state index contributed by atoms with van der Waals surface area (Å²) in [6.07, 6.45) is 5.15. The molecular formula is C8H16N2S. The second-order valence-corrected chi connectivity index (χ2v) is 4.12. The first kappa shape index (κ1) is 8.91. The van der Waals surface area contributed by atoms with Gasteiger partial charge in [0.1, 0.15) is 0 Å². The normalized spacial score (nSPS) is 21.0. The van der Waals surface area contributed by atoms with Gasteiger partial charge in [-0.2, -0.15) is 0 Å². The van der Waals surface area contributed by atoms with Crippen molar-refractivity contribution in [3.05, 3.63) is 0 Å². The van der Waals surface area contributed by atoms with Crippen LogP contribution in [0.2, 0.25) is 0 Å². The molecule has 2 nitrogen and oxygen atoms in total. The molecule has 1 saturated carbocycles. The van der Waals surface area contributed by atoms with Crippen molar-refractivity contribution in [1.29, 1.82) is 0 Å². The summed E-state index contributed by atoms with van der Waals surface area (Å²) in [6, 6.07) is 0.536. The first-order valence-electron chi connectivity index (χ1n) is 4.29. The van der Waals surface area contributed by atoms with Crippen LogP contribution >= 0.6 is 11.8 Å². The standard InChI is InChI=1S/C8H16N2S/c1-2-11-8(9)10-7-5-3-4-6-7/h7H,2-6H2,1H3,(H2,9,10). The van der Waals surface area contributed by atoms with Crippen molar-refractivity contribution in [1.82, 2.24) is 0 Å². The van der Waals surface area contributed by atoms with Crippen LogP contribution in [0.15, 0.2) is 4.99 Å². The molecule has 1 rings (SSSR count). The molecule has 0 amide bonds. The lowest BCUT2D eigenvalue weighted by atomic mass is 10.3. The predicted octanol–water partition coefficient (Wildman–Crippen LogP) is 2.00. The van der Waals surface area contributed by atoms with Gasteiger partial charge in [0.15, 0.2) is 5.17 Å². The average molecular weight is 172 g/mol. The predicted molar refractivity (Wildman–Crippen MR) is 52.0 cm³/mol. The summed E-state index contributed by atoms with van der Waals surface area (Å²) in [5, 5.41) is 0.777. The molecule has 0 heterocycles. The van der Waals surface area contributed by atoms with Crippen LogP contribution in [0.4, 0.5) is 0 Å². The maximum absolute atomic E-state index is 5.68. The monoisotopic (exact) mass is 172 g/mol.